The lowest BCUT2D eigenvalue weighted by atomic mass is 10.1. The Labute approximate surface area is 118 Å². The Morgan fingerprint density at radius 2 is 2.06 bits per heavy atom. The molecule has 0 N–H and O–H groups in total. The summed E-state index contributed by atoms with van der Waals surface area (Å²) in [4.78, 5) is 11.2. The molecule has 0 saturated heterocycles. The van der Waals surface area contributed by atoms with Crippen LogP contribution in [0.3, 0.4) is 0 Å². The number of hydrogen-bond donors (Lipinski definition) is 0. The summed E-state index contributed by atoms with van der Waals surface area (Å²) < 4.78 is 40.4. The minimum atomic E-state index is -4.76. The van der Waals surface area contributed by atoms with Crippen LogP contribution >= 0.6 is 38.5 Å². The van der Waals surface area contributed by atoms with Gasteiger partial charge in [-0.25, -0.2) is 0 Å². The Morgan fingerprint density at radius 1 is 1.47 bits per heavy atom. The van der Waals surface area contributed by atoms with E-state index in [0.717, 1.165) is 6.07 Å². The summed E-state index contributed by atoms with van der Waals surface area (Å²) in [5.41, 5.74) is 0.205. The van der Waals surface area contributed by atoms with Gasteiger partial charge >= 0.3 is 6.36 Å². The third-order valence-corrected chi connectivity index (χ3v) is 3.15. The molecule has 0 aliphatic rings. The predicted octanol–water partition coefficient (Wildman–Crippen LogP) is 4.16. The Balaban J connectivity index is 3.07. The second-order valence-electron chi connectivity index (χ2n) is 3.17. The summed E-state index contributed by atoms with van der Waals surface area (Å²) in [6, 6.07) is 3.67. The molecule has 7 heteroatoms. The van der Waals surface area contributed by atoms with Crippen molar-refractivity contribution in [1.82, 2.24) is 0 Å². The molecule has 17 heavy (non-hydrogen) atoms. The molecule has 1 aromatic rings. The molecule has 0 saturated carbocycles. The minimum Gasteiger partial charge on any atom is -0.406 e. The number of carbonyl (C=O) groups excluding carboxylic acids is 1. The van der Waals surface area contributed by atoms with Crippen molar-refractivity contribution < 1.29 is 22.7 Å². The zero-order valence-corrected chi connectivity index (χ0v) is 12.3. The molecule has 0 aliphatic carbocycles. The number of ketones is 1. The summed E-state index contributed by atoms with van der Waals surface area (Å²) >= 11 is 4.97. The molecular weight excluding hydrogens is 416 g/mol. The van der Waals surface area contributed by atoms with Gasteiger partial charge in [0.2, 0.25) is 0 Å². The Kier molecular flexibility index (Phi) is 4.82. The lowest BCUT2D eigenvalue weighted by molar-refractivity contribution is -0.274. The molecular formula is C10H7BrF3IO2. The van der Waals surface area contributed by atoms with Gasteiger partial charge in [0.15, 0.2) is 5.78 Å². The highest BCUT2D eigenvalue weighted by Crippen LogP contribution is 2.27. The minimum absolute atomic E-state index is 0.205. The molecule has 2 nitrogen and oxygen atoms in total. The van der Waals surface area contributed by atoms with Crippen molar-refractivity contribution in [2.45, 2.75) is 18.1 Å². The molecule has 0 bridgehead atoms. The van der Waals surface area contributed by atoms with Gasteiger partial charge in [0.05, 0.1) is 4.83 Å². The quantitative estimate of drug-likeness (QED) is 0.415. The number of alkyl halides is 4. The summed E-state index contributed by atoms with van der Waals surface area (Å²) in [6.07, 6.45) is -4.76. The Hall–Kier alpha value is -0.310. The third-order valence-electron chi connectivity index (χ3n) is 1.80. The first kappa shape index (κ1) is 14.7. The Morgan fingerprint density at radius 3 is 2.53 bits per heavy atom. The molecule has 1 atom stereocenters. The van der Waals surface area contributed by atoms with Gasteiger partial charge in [0, 0.05) is 9.13 Å². The van der Waals surface area contributed by atoms with Crippen LogP contribution in [-0.2, 0) is 0 Å². The highest BCUT2D eigenvalue weighted by molar-refractivity contribution is 14.1. The molecule has 0 aliphatic heterocycles. The molecule has 1 unspecified atom stereocenters. The van der Waals surface area contributed by atoms with Gasteiger partial charge in [-0.05, 0) is 47.7 Å². The normalized spacial score (nSPS) is 13.3. The molecule has 1 rings (SSSR count). The van der Waals surface area contributed by atoms with Gasteiger partial charge < -0.3 is 4.74 Å². The van der Waals surface area contributed by atoms with Gasteiger partial charge in [-0.15, -0.1) is 13.2 Å². The molecule has 0 amide bonds. The average molecular weight is 423 g/mol. The third kappa shape index (κ3) is 4.46. The van der Waals surface area contributed by atoms with Crippen molar-refractivity contribution in [2.75, 3.05) is 0 Å². The fourth-order valence-corrected chi connectivity index (χ4v) is 1.95. The number of hydrogen-bond acceptors (Lipinski definition) is 2. The van der Waals surface area contributed by atoms with Gasteiger partial charge in [0.1, 0.15) is 5.75 Å². The van der Waals surface area contributed by atoms with E-state index in [-0.39, 0.29) is 11.3 Å². The van der Waals surface area contributed by atoms with Crippen molar-refractivity contribution >= 4 is 44.3 Å². The summed E-state index contributed by atoms with van der Waals surface area (Å²) in [6.45, 7) is 1.61. The van der Waals surface area contributed by atoms with E-state index < -0.39 is 16.9 Å². The van der Waals surface area contributed by atoms with Crippen LogP contribution in [0, 0.1) is 3.57 Å². The van der Waals surface area contributed by atoms with Crippen LogP contribution in [0.2, 0.25) is 0 Å². The SMILES string of the molecule is CC(Br)C(=O)c1cc(OC(F)(F)F)ccc1I. The van der Waals surface area contributed by atoms with E-state index in [9.17, 15) is 18.0 Å². The molecule has 0 spiro atoms. The van der Waals surface area contributed by atoms with E-state index in [2.05, 4.69) is 20.7 Å². The van der Waals surface area contributed by atoms with E-state index in [4.69, 9.17) is 0 Å². The van der Waals surface area contributed by atoms with Crippen LogP contribution in [0.15, 0.2) is 18.2 Å². The van der Waals surface area contributed by atoms with Gasteiger partial charge in [0.25, 0.3) is 0 Å². The number of rotatable bonds is 3. The van der Waals surface area contributed by atoms with Crippen LogP contribution in [-0.4, -0.2) is 17.0 Å². The van der Waals surface area contributed by atoms with Crippen LogP contribution < -0.4 is 4.74 Å². The van der Waals surface area contributed by atoms with Crippen molar-refractivity contribution in [2.24, 2.45) is 0 Å². The molecule has 0 radical (unpaired) electrons. The zero-order valence-electron chi connectivity index (χ0n) is 8.52. The maximum atomic E-state index is 12.0. The van der Waals surface area contributed by atoms with E-state index in [1.807, 2.05) is 22.6 Å². The fraction of sp³-hybridized carbons (Fsp3) is 0.300. The largest absolute Gasteiger partial charge is 0.573 e. The zero-order chi connectivity index (χ0) is 13.2. The first-order valence-corrected chi connectivity index (χ1v) is 6.44. The van der Waals surface area contributed by atoms with Gasteiger partial charge in [-0.2, -0.15) is 0 Å². The standard InChI is InChI=1S/C10H7BrF3IO2/c1-5(11)9(16)7-4-6(2-3-8(7)15)17-10(12,13)14/h2-5H,1H3. The number of benzene rings is 1. The van der Waals surface area contributed by atoms with Crippen molar-refractivity contribution in [3.8, 4) is 5.75 Å². The van der Waals surface area contributed by atoms with Crippen LogP contribution in [0.25, 0.3) is 0 Å². The average Bonchev–Trinajstić information content (AvgIpc) is 2.17. The Bertz CT molecular complexity index is 432. The molecule has 94 valence electrons. The van der Waals surface area contributed by atoms with Crippen LogP contribution in [0.4, 0.5) is 13.2 Å². The van der Waals surface area contributed by atoms with E-state index >= 15 is 0 Å². The smallest absolute Gasteiger partial charge is 0.406 e. The maximum absolute atomic E-state index is 12.0. The lowest BCUT2D eigenvalue weighted by Crippen LogP contribution is -2.18. The lowest BCUT2D eigenvalue weighted by Gasteiger charge is -2.11. The number of halogens is 5. The summed E-state index contributed by atoms with van der Waals surface area (Å²) in [7, 11) is 0. The first-order chi connectivity index (χ1) is 7.70. The second kappa shape index (κ2) is 5.55. The van der Waals surface area contributed by atoms with Gasteiger partial charge in [-0.1, -0.05) is 15.9 Å². The fourth-order valence-electron chi connectivity index (χ4n) is 1.10. The maximum Gasteiger partial charge on any atom is 0.573 e. The number of Topliss-reactive ketones (excluding diaryl/α,β-unsaturated/α-hetero) is 1. The van der Waals surface area contributed by atoms with E-state index in [1.54, 1.807) is 6.92 Å². The number of ether oxygens (including phenoxy) is 1. The predicted molar refractivity (Wildman–Crippen MR) is 68.6 cm³/mol. The number of carbonyl (C=O) groups is 1. The summed E-state index contributed by atoms with van der Waals surface area (Å²) in [5, 5.41) is 0. The molecule has 0 aromatic heterocycles. The van der Waals surface area contributed by atoms with Crippen LogP contribution in [0.1, 0.15) is 17.3 Å². The topological polar surface area (TPSA) is 26.3 Å². The van der Waals surface area contributed by atoms with Crippen molar-refractivity contribution in [3.63, 3.8) is 0 Å². The van der Waals surface area contributed by atoms with E-state index in [0.29, 0.717) is 3.57 Å². The molecule has 0 fully saturated rings. The van der Waals surface area contributed by atoms with Gasteiger partial charge in [-0.3, -0.25) is 4.79 Å². The monoisotopic (exact) mass is 422 g/mol. The van der Waals surface area contributed by atoms with Crippen LogP contribution in [0.5, 0.6) is 5.75 Å². The van der Waals surface area contributed by atoms with Crippen molar-refractivity contribution in [3.05, 3.63) is 27.3 Å². The highest BCUT2D eigenvalue weighted by atomic mass is 127. The molecule has 1 aromatic carbocycles. The first-order valence-electron chi connectivity index (χ1n) is 4.44. The molecule has 0 heterocycles. The second-order valence-corrected chi connectivity index (χ2v) is 5.71. The van der Waals surface area contributed by atoms with Crippen molar-refractivity contribution in [1.29, 1.82) is 0 Å². The summed E-state index contributed by atoms with van der Waals surface area (Å²) in [5.74, 6) is -0.684. The van der Waals surface area contributed by atoms with E-state index in [1.165, 1.54) is 12.1 Å². The highest BCUT2D eigenvalue weighted by Gasteiger charge is 2.31.